The molecule has 2 aromatic rings. The molecule has 2 heterocycles. The highest BCUT2D eigenvalue weighted by atomic mass is 16.5. The van der Waals surface area contributed by atoms with Crippen LogP contribution in [0.25, 0.3) is 10.9 Å². The molecule has 0 radical (unpaired) electrons. The zero-order valence-corrected chi connectivity index (χ0v) is 14.2. The van der Waals surface area contributed by atoms with Crippen LogP contribution >= 0.6 is 0 Å². The lowest BCUT2D eigenvalue weighted by Gasteiger charge is -2.38. The van der Waals surface area contributed by atoms with Crippen molar-refractivity contribution in [3.63, 3.8) is 0 Å². The minimum Gasteiger partial charge on any atom is -0.469 e. The average Bonchev–Trinajstić information content (AvgIpc) is 2.99. The zero-order valence-electron chi connectivity index (χ0n) is 14.2. The molecule has 3 rings (SSSR count). The van der Waals surface area contributed by atoms with Gasteiger partial charge in [0.15, 0.2) is 0 Å². The summed E-state index contributed by atoms with van der Waals surface area (Å²) in [4.78, 5) is 29.4. The van der Waals surface area contributed by atoms with Crippen LogP contribution in [-0.4, -0.2) is 48.6 Å². The summed E-state index contributed by atoms with van der Waals surface area (Å²) in [5.74, 6) is -0.599. The number of fused-ring (bicyclic) bond motifs is 3. The lowest BCUT2D eigenvalue weighted by molar-refractivity contribution is -0.150. The van der Waals surface area contributed by atoms with Crippen LogP contribution in [-0.2, 0) is 25.5 Å². The Morgan fingerprint density at radius 3 is 2.75 bits per heavy atom. The predicted molar refractivity (Wildman–Crippen MR) is 89.6 cm³/mol. The second kappa shape index (κ2) is 6.65. The molecule has 0 amide bonds. The normalized spacial score (nSPS) is 18.9. The number of rotatable bonds is 4. The number of nitrogens with zero attached hydrogens (tertiary/aromatic N) is 1. The number of hydrogen-bond acceptors (Lipinski definition) is 5. The third-order valence-electron chi connectivity index (χ3n) is 4.83. The van der Waals surface area contributed by atoms with E-state index in [0.717, 1.165) is 17.6 Å². The maximum Gasteiger partial charge on any atom is 0.322 e. The van der Waals surface area contributed by atoms with E-state index in [1.807, 2.05) is 30.0 Å². The molecule has 2 unspecified atom stereocenters. The molecule has 6 nitrogen and oxygen atoms in total. The number of carbonyl (C=O) groups excluding carboxylic acids is 2. The Bertz CT molecular complexity index is 767. The predicted octanol–water partition coefficient (Wildman–Crippen LogP) is 2.19. The second-order valence-corrected chi connectivity index (χ2v) is 6.05. The fraction of sp³-hybridized carbons (Fsp3) is 0.444. The maximum absolute atomic E-state index is 12.0. The number of para-hydroxylation sites is 1. The van der Waals surface area contributed by atoms with E-state index in [4.69, 9.17) is 9.47 Å². The number of nitrogens with one attached hydrogen (secondary N) is 1. The summed E-state index contributed by atoms with van der Waals surface area (Å²) in [6.07, 6.45) is 1.01. The van der Waals surface area contributed by atoms with Crippen molar-refractivity contribution in [1.82, 2.24) is 9.88 Å². The highest BCUT2D eigenvalue weighted by molar-refractivity contribution is 5.85. The molecule has 2 atom stereocenters. The van der Waals surface area contributed by atoms with Gasteiger partial charge in [0, 0.05) is 23.1 Å². The smallest absolute Gasteiger partial charge is 0.322 e. The standard InChI is InChI=1S/C18H22N2O4/c1-11(18(22)24-3)20-9-8-13-12-6-4-5-7-14(12)19-17(13)15(20)10-16(21)23-2/h4-7,11,15,19H,8-10H2,1-3H3. The molecule has 0 saturated carbocycles. The van der Waals surface area contributed by atoms with Gasteiger partial charge in [0.1, 0.15) is 6.04 Å². The van der Waals surface area contributed by atoms with Gasteiger partial charge < -0.3 is 14.5 Å². The average molecular weight is 330 g/mol. The van der Waals surface area contributed by atoms with Crippen LogP contribution in [0.4, 0.5) is 0 Å². The van der Waals surface area contributed by atoms with Gasteiger partial charge in [0.2, 0.25) is 0 Å². The summed E-state index contributed by atoms with van der Waals surface area (Å²) in [6.45, 7) is 2.50. The summed E-state index contributed by atoms with van der Waals surface area (Å²) < 4.78 is 9.75. The molecule has 6 heteroatoms. The van der Waals surface area contributed by atoms with E-state index in [1.54, 1.807) is 0 Å². The highest BCUT2D eigenvalue weighted by Gasteiger charge is 2.37. The van der Waals surface area contributed by atoms with Gasteiger partial charge in [-0.15, -0.1) is 0 Å². The van der Waals surface area contributed by atoms with Crippen LogP contribution in [0.1, 0.15) is 30.6 Å². The SMILES string of the molecule is COC(=O)CC1c2[nH]c3ccccc3c2CCN1C(C)C(=O)OC. The molecule has 24 heavy (non-hydrogen) atoms. The first-order valence-corrected chi connectivity index (χ1v) is 8.06. The van der Waals surface area contributed by atoms with Crippen molar-refractivity contribution in [2.45, 2.75) is 31.8 Å². The molecule has 0 fully saturated rings. The van der Waals surface area contributed by atoms with Gasteiger partial charge in [0.05, 0.1) is 26.7 Å². The van der Waals surface area contributed by atoms with E-state index in [-0.39, 0.29) is 24.4 Å². The summed E-state index contributed by atoms with van der Waals surface area (Å²) in [6, 6.07) is 7.44. The number of aromatic nitrogens is 1. The number of ether oxygens (including phenoxy) is 2. The third kappa shape index (κ3) is 2.78. The minimum atomic E-state index is -0.427. The van der Waals surface area contributed by atoms with Crippen LogP contribution in [0.15, 0.2) is 24.3 Å². The molecule has 1 aromatic heterocycles. The number of hydrogen-bond donors (Lipinski definition) is 1. The second-order valence-electron chi connectivity index (χ2n) is 6.05. The number of H-pyrrole nitrogens is 1. The molecule has 1 aliphatic rings. The van der Waals surface area contributed by atoms with Crippen LogP contribution in [0, 0.1) is 0 Å². The van der Waals surface area contributed by atoms with Crippen molar-refractivity contribution in [2.75, 3.05) is 20.8 Å². The third-order valence-corrected chi connectivity index (χ3v) is 4.83. The Hall–Kier alpha value is -2.34. The van der Waals surface area contributed by atoms with E-state index in [2.05, 4.69) is 11.1 Å². The van der Waals surface area contributed by atoms with Crippen molar-refractivity contribution in [3.05, 3.63) is 35.5 Å². The van der Waals surface area contributed by atoms with E-state index in [1.165, 1.54) is 25.2 Å². The summed E-state index contributed by atoms with van der Waals surface area (Å²) in [5, 5.41) is 1.17. The molecule has 1 aromatic carbocycles. The van der Waals surface area contributed by atoms with E-state index < -0.39 is 6.04 Å². The van der Waals surface area contributed by atoms with Gasteiger partial charge in [0.25, 0.3) is 0 Å². The molecule has 1 N–H and O–H groups in total. The zero-order chi connectivity index (χ0) is 17.3. The summed E-state index contributed by atoms with van der Waals surface area (Å²) in [5.41, 5.74) is 3.25. The van der Waals surface area contributed by atoms with Crippen LogP contribution in [0.2, 0.25) is 0 Å². The molecular weight excluding hydrogens is 308 g/mol. The van der Waals surface area contributed by atoms with Crippen molar-refractivity contribution < 1.29 is 19.1 Å². The topological polar surface area (TPSA) is 71.6 Å². The van der Waals surface area contributed by atoms with Crippen molar-refractivity contribution in [1.29, 1.82) is 0 Å². The molecule has 0 spiro atoms. The number of aromatic amines is 1. The van der Waals surface area contributed by atoms with Crippen LogP contribution in [0.5, 0.6) is 0 Å². The van der Waals surface area contributed by atoms with Gasteiger partial charge in [-0.25, -0.2) is 0 Å². The Balaban J connectivity index is 2.04. The molecular formula is C18H22N2O4. The maximum atomic E-state index is 12.0. The Morgan fingerprint density at radius 2 is 2.04 bits per heavy atom. The van der Waals surface area contributed by atoms with E-state index in [9.17, 15) is 9.59 Å². The first-order chi connectivity index (χ1) is 11.6. The molecule has 128 valence electrons. The van der Waals surface area contributed by atoms with Gasteiger partial charge in [-0.2, -0.15) is 0 Å². The van der Waals surface area contributed by atoms with E-state index in [0.29, 0.717) is 6.54 Å². The fourth-order valence-electron chi connectivity index (χ4n) is 3.57. The first-order valence-electron chi connectivity index (χ1n) is 8.06. The fourth-order valence-corrected chi connectivity index (χ4v) is 3.57. The Morgan fingerprint density at radius 1 is 1.29 bits per heavy atom. The molecule has 0 aliphatic carbocycles. The van der Waals surface area contributed by atoms with Gasteiger partial charge >= 0.3 is 11.9 Å². The van der Waals surface area contributed by atoms with Crippen molar-refractivity contribution >= 4 is 22.8 Å². The van der Waals surface area contributed by atoms with Gasteiger partial charge in [-0.05, 0) is 25.0 Å². The summed E-state index contributed by atoms with van der Waals surface area (Å²) in [7, 11) is 2.76. The summed E-state index contributed by atoms with van der Waals surface area (Å²) >= 11 is 0. The minimum absolute atomic E-state index is 0.192. The van der Waals surface area contributed by atoms with Gasteiger partial charge in [-0.3, -0.25) is 14.5 Å². The highest BCUT2D eigenvalue weighted by Crippen LogP contribution is 2.37. The van der Waals surface area contributed by atoms with Gasteiger partial charge in [-0.1, -0.05) is 18.2 Å². The van der Waals surface area contributed by atoms with Crippen LogP contribution in [0.3, 0.4) is 0 Å². The number of benzene rings is 1. The number of carbonyl (C=O) groups is 2. The Kier molecular flexibility index (Phi) is 4.57. The monoisotopic (exact) mass is 330 g/mol. The first kappa shape index (κ1) is 16.5. The molecule has 0 saturated heterocycles. The quantitative estimate of drug-likeness (QED) is 0.870. The lowest BCUT2D eigenvalue weighted by atomic mass is 9.94. The number of methoxy groups -OCH3 is 2. The van der Waals surface area contributed by atoms with Crippen molar-refractivity contribution in [3.8, 4) is 0 Å². The lowest BCUT2D eigenvalue weighted by Crippen LogP contribution is -2.46. The molecule has 0 bridgehead atoms. The molecule has 1 aliphatic heterocycles. The number of esters is 2. The Labute approximate surface area is 140 Å². The van der Waals surface area contributed by atoms with Crippen molar-refractivity contribution in [2.24, 2.45) is 0 Å². The largest absolute Gasteiger partial charge is 0.469 e. The van der Waals surface area contributed by atoms with E-state index >= 15 is 0 Å². The van der Waals surface area contributed by atoms with Crippen LogP contribution < -0.4 is 0 Å².